The van der Waals surface area contributed by atoms with Gasteiger partial charge in [0.15, 0.2) is 5.88 Å². The fraction of sp³-hybridized carbons (Fsp3) is 0.0909. The molecular weight excluding hydrogens is 242 g/mol. The van der Waals surface area contributed by atoms with Crippen LogP contribution in [-0.2, 0) is 0 Å². The number of ether oxygens (including phenoxy) is 1. The molecule has 2 heterocycles. The first-order chi connectivity index (χ1) is 6.84. The molecule has 0 radical (unpaired) electrons. The number of fused-ring (bicyclic) bond motifs is 3. The van der Waals surface area contributed by atoms with Crippen LogP contribution >= 0.6 is 15.9 Å². The van der Waals surface area contributed by atoms with Crippen molar-refractivity contribution in [2.75, 3.05) is 6.61 Å². The Morgan fingerprint density at radius 2 is 2.29 bits per heavy atom. The molecule has 0 amide bonds. The van der Waals surface area contributed by atoms with Crippen LogP contribution in [0.4, 0.5) is 0 Å². The summed E-state index contributed by atoms with van der Waals surface area (Å²) in [5.74, 6) is 0.876. The van der Waals surface area contributed by atoms with E-state index >= 15 is 0 Å². The largest absolute Gasteiger partial charge is 0.474 e. The van der Waals surface area contributed by atoms with Crippen molar-refractivity contribution in [3.05, 3.63) is 34.3 Å². The fourth-order valence-electron chi connectivity index (χ4n) is 1.74. The lowest BCUT2D eigenvalue weighted by molar-refractivity contribution is 0.347. The van der Waals surface area contributed by atoms with Gasteiger partial charge in [0.1, 0.15) is 6.61 Å². The molecule has 2 nitrogen and oxygen atoms in total. The van der Waals surface area contributed by atoms with Crippen molar-refractivity contribution >= 4 is 32.9 Å². The zero-order chi connectivity index (χ0) is 9.54. The molecule has 0 fully saturated rings. The topological polar surface area (TPSA) is 25.0 Å². The molecular formula is C11H8BrNO. The van der Waals surface area contributed by atoms with E-state index in [1.54, 1.807) is 0 Å². The average Bonchev–Trinajstić information content (AvgIpc) is 2.54. The van der Waals surface area contributed by atoms with Crippen molar-refractivity contribution in [3.63, 3.8) is 0 Å². The lowest BCUT2D eigenvalue weighted by Crippen LogP contribution is -1.98. The average molecular weight is 250 g/mol. The van der Waals surface area contributed by atoms with Gasteiger partial charge in [-0.05, 0) is 24.3 Å². The molecule has 0 aliphatic carbocycles. The highest BCUT2D eigenvalue weighted by molar-refractivity contribution is 9.10. The van der Waals surface area contributed by atoms with Gasteiger partial charge in [-0.2, -0.15) is 0 Å². The third-order valence-electron chi connectivity index (χ3n) is 2.37. The quantitative estimate of drug-likeness (QED) is 0.762. The summed E-state index contributed by atoms with van der Waals surface area (Å²) in [6, 6.07) is 6.19. The van der Waals surface area contributed by atoms with E-state index in [1.807, 2.05) is 12.1 Å². The van der Waals surface area contributed by atoms with Gasteiger partial charge in [-0.1, -0.05) is 22.0 Å². The molecule has 0 unspecified atom stereocenters. The predicted octanol–water partition coefficient (Wildman–Crippen LogP) is 3.34. The third kappa shape index (κ3) is 1.09. The highest BCUT2D eigenvalue weighted by Gasteiger charge is 2.12. The summed E-state index contributed by atoms with van der Waals surface area (Å²) >= 11 is 3.45. The molecule has 1 aromatic heterocycles. The van der Waals surface area contributed by atoms with E-state index in [0.717, 1.165) is 21.4 Å². The Bertz CT molecular complexity index is 527. The van der Waals surface area contributed by atoms with Crippen molar-refractivity contribution < 1.29 is 4.74 Å². The SMILES string of the molecule is Brc1ccc2c3c([nH]c2c1)OCC=C3. The number of hydrogen-bond acceptors (Lipinski definition) is 1. The minimum atomic E-state index is 0.654. The maximum absolute atomic E-state index is 5.49. The standard InChI is InChI=1S/C11H8BrNO/c12-7-3-4-8-9-2-1-5-14-11(9)13-10(8)6-7/h1-4,6,13H,5H2. The molecule has 2 aromatic rings. The fourth-order valence-corrected chi connectivity index (χ4v) is 2.10. The number of rotatable bonds is 0. The van der Waals surface area contributed by atoms with Crippen LogP contribution in [0.15, 0.2) is 28.7 Å². The molecule has 0 atom stereocenters. The van der Waals surface area contributed by atoms with Crippen LogP contribution < -0.4 is 4.74 Å². The Morgan fingerprint density at radius 3 is 3.21 bits per heavy atom. The number of nitrogens with one attached hydrogen (secondary N) is 1. The van der Waals surface area contributed by atoms with Crippen LogP contribution in [0.1, 0.15) is 5.56 Å². The Kier molecular flexibility index (Phi) is 1.67. The summed E-state index contributed by atoms with van der Waals surface area (Å²) in [7, 11) is 0. The van der Waals surface area contributed by atoms with Gasteiger partial charge in [-0.25, -0.2) is 0 Å². The van der Waals surface area contributed by atoms with E-state index in [0.29, 0.717) is 6.61 Å². The van der Waals surface area contributed by atoms with E-state index in [1.165, 1.54) is 5.39 Å². The second-order valence-electron chi connectivity index (χ2n) is 3.27. The van der Waals surface area contributed by atoms with Gasteiger partial charge >= 0.3 is 0 Å². The normalized spacial score (nSPS) is 14.1. The predicted molar refractivity (Wildman–Crippen MR) is 60.5 cm³/mol. The first-order valence-corrected chi connectivity index (χ1v) is 5.24. The number of hydrogen-bond donors (Lipinski definition) is 1. The van der Waals surface area contributed by atoms with Crippen LogP contribution in [0.25, 0.3) is 17.0 Å². The molecule has 0 saturated heterocycles. The van der Waals surface area contributed by atoms with Gasteiger partial charge in [0.25, 0.3) is 0 Å². The van der Waals surface area contributed by atoms with Crippen molar-refractivity contribution in [1.82, 2.24) is 4.98 Å². The molecule has 1 aliphatic rings. The van der Waals surface area contributed by atoms with Crippen molar-refractivity contribution in [1.29, 1.82) is 0 Å². The van der Waals surface area contributed by atoms with E-state index in [-0.39, 0.29) is 0 Å². The first-order valence-electron chi connectivity index (χ1n) is 4.45. The van der Waals surface area contributed by atoms with Gasteiger partial charge in [0.2, 0.25) is 0 Å². The molecule has 3 heteroatoms. The number of aromatic nitrogens is 1. The summed E-state index contributed by atoms with van der Waals surface area (Å²) in [5, 5.41) is 1.21. The second-order valence-corrected chi connectivity index (χ2v) is 4.19. The Hall–Kier alpha value is -1.22. The summed E-state index contributed by atoms with van der Waals surface area (Å²) in [6.07, 6.45) is 4.13. The Balaban J connectivity index is 2.38. The maximum atomic E-state index is 5.49. The smallest absolute Gasteiger partial charge is 0.199 e. The second kappa shape index (κ2) is 2.89. The molecule has 1 N–H and O–H groups in total. The highest BCUT2D eigenvalue weighted by atomic mass is 79.9. The minimum Gasteiger partial charge on any atom is -0.474 e. The number of aromatic amines is 1. The van der Waals surface area contributed by atoms with Crippen molar-refractivity contribution in [2.24, 2.45) is 0 Å². The third-order valence-corrected chi connectivity index (χ3v) is 2.87. The maximum Gasteiger partial charge on any atom is 0.199 e. The van der Waals surface area contributed by atoms with Gasteiger partial charge in [0.05, 0.1) is 5.52 Å². The Labute approximate surface area is 89.7 Å². The lowest BCUT2D eigenvalue weighted by Gasteiger charge is -2.06. The first kappa shape index (κ1) is 8.12. The molecule has 3 rings (SSSR count). The van der Waals surface area contributed by atoms with Gasteiger partial charge in [0, 0.05) is 15.4 Å². The van der Waals surface area contributed by atoms with Crippen molar-refractivity contribution in [3.8, 4) is 5.88 Å². The van der Waals surface area contributed by atoms with E-state index in [9.17, 15) is 0 Å². The molecule has 14 heavy (non-hydrogen) atoms. The minimum absolute atomic E-state index is 0.654. The Morgan fingerprint density at radius 1 is 1.36 bits per heavy atom. The molecule has 0 spiro atoms. The molecule has 70 valence electrons. The number of benzene rings is 1. The van der Waals surface area contributed by atoms with Gasteiger partial charge in [-0.3, -0.25) is 0 Å². The number of H-pyrrole nitrogens is 1. The molecule has 1 aromatic carbocycles. The molecule has 1 aliphatic heterocycles. The van der Waals surface area contributed by atoms with Crippen molar-refractivity contribution in [2.45, 2.75) is 0 Å². The zero-order valence-corrected chi connectivity index (χ0v) is 8.97. The summed E-state index contributed by atoms with van der Waals surface area (Å²) in [5.41, 5.74) is 2.26. The van der Waals surface area contributed by atoms with E-state index < -0.39 is 0 Å². The van der Waals surface area contributed by atoms with Gasteiger partial charge < -0.3 is 9.72 Å². The summed E-state index contributed by atoms with van der Waals surface area (Å²) in [6.45, 7) is 0.654. The van der Waals surface area contributed by atoms with E-state index in [2.05, 4.69) is 39.1 Å². The summed E-state index contributed by atoms with van der Waals surface area (Å²) < 4.78 is 6.57. The highest BCUT2D eigenvalue weighted by Crippen LogP contribution is 2.32. The zero-order valence-electron chi connectivity index (χ0n) is 7.38. The van der Waals surface area contributed by atoms with Crippen LogP contribution in [0.5, 0.6) is 5.88 Å². The molecule has 0 bridgehead atoms. The van der Waals surface area contributed by atoms with Crippen LogP contribution in [0.3, 0.4) is 0 Å². The lowest BCUT2D eigenvalue weighted by atomic mass is 10.1. The van der Waals surface area contributed by atoms with E-state index in [4.69, 9.17) is 4.74 Å². The molecule has 0 saturated carbocycles. The van der Waals surface area contributed by atoms with Crippen LogP contribution in [0, 0.1) is 0 Å². The summed E-state index contributed by atoms with van der Waals surface area (Å²) in [4.78, 5) is 3.25. The van der Waals surface area contributed by atoms with Crippen LogP contribution in [0.2, 0.25) is 0 Å². The monoisotopic (exact) mass is 249 g/mol. The van der Waals surface area contributed by atoms with Crippen LogP contribution in [-0.4, -0.2) is 11.6 Å². The van der Waals surface area contributed by atoms with Gasteiger partial charge in [-0.15, -0.1) is 0 Å². The number of halogens is 1.